The highest BCUT2D eigenvalue weighted by molar-refractivity contribution is 7.99. The van der Waals surface area contributed by atoms with Crippen LogP contribution in [-0.2, 0) is 10.5 Å². The summed E-state index contributed by atoms with van der Waals surface area (Å²) in [5.41, 5.74) is 1.83. The van der Waals surface area contributed by atoms with Gasteiger partial charge in [-0.1, -0.05) is 38.3 Å². The molecule has 1 fully saturated rings. The maximum atomic E-state index is 12.1. The molecule has 1 saturated carbocycles. The number of rotatable bonds is 8. The zero-order chi connectivity index (χ0) is 16.5. The van der Waals surface area contributed by atoms with Crippen molar-refractivity contribution in [3.8, 4) is 6.07 Å². The van der Waals surface area contributed by atoms with E-state index in [-0.39, 0.29) is 5.91 Å². The molecule has 2 rings (SSSR count). The number of carbonyl (C=O) groups excluding carboxylic acids is 1. The first-order valence-corrected chi connectivity index (χ1v) is 9.74. The van der Waals surface area contributed by atoms with Crippen molar-refractivity contribution in [3.63, 3.8) is 0 Å². The van der Waals surface area contributed by atoms with E-state index in [1.807, 2.05) is 24.3 Å². The Bertz CT molecular complexity index is 535. The van der Waals surface area contributed by atoms with Crippen LogP contribution in [-0.4, -0.2) is 17.7 Å². The van der Waals surface area contributed by atoms with E-state index in [2.05, 4.69) is 18.3 Å². The molecule has 0 bridgehead atoms. The summed E-state index contributed by atoms with van der Waals surface area (Å²) >= 11 is 1.64. The van der Waals surface area contributed by atoms with Gasteiger partial charge in [0.2, 0.25) is 5.91 Å². The van der Waals surface area contributed by atoms with Crippen LogP contribution >= 0.6 is 11.8 Å². The summed E-state index contributed by atoms with van der Waals surface area (Å²) in [6, 6.07) is 10.1. The van der Waals surface area contributed by atoms with Crippen molar-refractivity contribution in [2.45, 2.75) is 57.2 Å². The van der Waals surface area contributed by atoms with Crippen LogP contribution in [0, 0.1) is 17.2 Å². The number of hydrogen-bond acceptors (Lipinski definition) is 3. The fourth-order valence-electron chi connectivity index (χ4n) is 3.22. The van der Waals surface area contributed by atoms with Gasteiger partial charge in [-0.05, 0) is 42.9 Å². The van der Waals surface area contributed by atoms with Gasteiger partial charge < -0.3 is 5.32 Å². The predicted molar refractivity (Wildman–Crippen MR) is 96.1 cm³/mol. The third kappa shape index (κ3) is 5.91. The monoisotopic (exact) mass is 330 g/mol. The first-order chi connectivity index (χ1) is 11.2. The van der Waals surface area contributed by atoms with Gasteiger partial charge in [0.1, 0.15) is 0 Å². The Morgan fingerprint density at radius 3 is 2.83 bits per heavy atom. The molecule has 1 aliphatic carbocycles. The van der Waals surface area contributed by atoms with Crippen LogP contribution in [0.1, 0.15) is 56.6 Å². The third-order valence-corrected chi connectivity index (χ3v) is 5.52. The second-order valence-corrected chi connectivity index (χ2v) is 7.29. The lowest BCUT2D eigenvalue weighted by Crippen LogP contribution is -2.38. The number of amides is 1. The summed E-state index contributed by atoms with van der Waals surface area (Å²) in [4.78, 5) is 12.1. The molecular weight excluding hydrogens is 304 g/mol. The van der Waals surface area contributed by atoms with Crippen molar-refractivity contribution in [2.24, 2.45) is 5.92 Å². The highest BCUT2D eigenvalue weighted by Gasteiger charge is 2.27. The molecule has 3 nitrogen and oxygen atoms in total. The van der Waals surface area contributed by atoms with Crippen LogP contribution in [0.15, 0.2) is 24.3 Å². The molecule has 1 aromatic rings. The molecule has 1 amide bonds. The number of nitrogens with zero attached hydrogens (tertiary/aromatic N) is 1. The average Bonchev–Trinajstić information content (AvgIpc) is 3.00. The number of thioether (sulfide) groups is 1. The summed E-state index contributed by atoms with van der Waals surface area (Å²) in [7, 11) is 0. The van der Waals surface area contributed by atoms with E-state index in [0.717, 1.165) is 17.7 Å². The Hall–Kier alpha value is -1.47. The fourth-order valence-corrected chi connectivity index (χ4v) is 4.02. The molecule has 4 heteroatoms. The summed E-state index contributed by atoms with van der Waals surface area (Å²) in [6.45, 7) is 2.22. The Labute approximate surface area is 143 Å². The molecule has 2 atom stereocenters. The van der Waals surface area contributed by atoms with Crippen LogP contribution in [0.5, 0.6) is 0 Å². The van der Waals surface area contributed by atoms with Crippen LogP contribution < -0.4 is 5.32 Å². The van der Waals surface area contributed by atoms with Gasteiger partial charge in [-0.2, -0.15) is 5.26 Å². The highest BCUT2D eigenvalue weighted by atomic mass is 32.2. The Morgan fingerprint density at radius 2 is 2.13 bits per heavy atom. The van der Waals surface area contributed by atoms with Gasteiger partial charge >= 0.3 is 0 Å². The predicted octanol–water partition coefficient (Wildman–Crippen LogP) is 4.27. The molecule has 2 unspecified atom stereocenters. The Balaban J connectivity index is 1.69. The minimum atomic E-state index is 0.164. The number of unbranched alkanes of at least 4 members (excludes halogenated alkanes) is 1. The lowest BCUT2D eigenvalue weighted by atomic mass is 9.97. The molecule has 0 saturated heterocycles. The molecule has 0 aliphatic heterocycles. The second-order valence-electron chi connectivity index (χ2n) is 6.31. The zero-order valence-corrected chi connectivity index (χ0v) is 14.7. The topological polar surface area (TPSA) is 52.9 Å². The molecule has 1 aromatic carbocycles. The minimum Gasteiger partial charge on any atom is -0.352 e. The lowest BCUT2D eigenvalue weighted by molar-refractivity contribution is -0.119. The summed E-state index contributed by atoms with van der Waals surface area (Å²) in [6.07, 6.45) is 7.41. The van der Waals surface area contributed by atoms with Gasteiger partial charge in [0.25, 0.3) is 0 Å². The number of benzene rings is 1. The van der Waals surface area contributed by atoms with Gasteiger partial charge in [-0.3, -0.25) is 4.79 Å². The minimum absolute atomic E-state index is 0.164. The first kappa shape index (κ1) is 17.9. The highest BCUT2D eigenvalue weighted by Crippen LogP contribution is 2.30. The number of hydrogen-bond donors (Lipinski definition) is 1. The van der Waals surface area contributed by atoms with Crippen molar-refractivity contribution in [3.05, 3.63) is 35.4 Å². The van der Waals surface area contributed by atoms with Crippen molar-refractivity contribution in [1.29, 1.82) is 5.26 Å². The van der Waals surface area contributed by atoms with Crippen LogP contribution in [0.3, 0.4) is 0 Å². The van der Waals surface area contributed by atoms with Crippen LogP contribution in [0.4, 0.5) is 0 Å². The molecule has 124 valence electrons. The van der Waals surface area contributed by atoms with E-state index in [1.54, 1.807) is 11.8 Å². The second kappa shape index (κ2) is 9.62. The third-order valence-electron chi connectivity index (χ3n) is 4.52. The number of carbonyl (C=O) groups is 1. The molecule has 0 spiro atoms. The molecule has 1 aliphatic rings. The van der Waals surface area contributed by atoms with E-state index < -0.39 is 0 Å². The molecule has 0 aromatic heterocycles. The van der Waals surface area contributed by atoms with Crippen molar-refractivity contribution in [1.82, 2.24) is 5.32 Å². The molecule has 0 heterocycles. The lowest BCUT2D eigenvalue weighted by Gasteiger charge is -2.20. The standard InChI is InChI=1S/C19H26N2OS/c1-2-3-5-17-6-4-7-18(17)21-19(22)14-23-13-16-10-8-15(12-20)9-11-16/h8-11,17-18H,2-7,13-14H2,1H3,(H,21,22). The summed E-state index contributed by atoms with van der Waals surface area (Å²) in [5.74, 6) is 2.17. The molecule has 0 radical (unpaired) electrons. The van der Waals surface area contributed by atoms with Gasteiger partial charge in [0.05, 0.1) is 17.4 Å². The van der Waals surface area contributed by atoms with E-state index in [1.165, 1.54) is 32.1 Å². The average molecular weight is 330 g/mol. The fraction of sp³-hybridized carbons (Fsp3) is 0.579. The van der Waals surface area contributed by atoms with E-state index in [4.69, 9.17) is 5.26 Å². The van der Waals surface area contributed by atoms with E-state index in [0.29, 0.717) is 23.3 Å². The van der Waals surface area contributed by atoms with Gasteiger partial charge in [0, 0.05) is 11.8 Å². The molecule has 23 heavy (non-hydrogen) atoms. The van der Waals surface area contributed by atoms with Gasteiger partial charge in [-0.15, -0.1) is 11.8 Å². The maximum Gasteiger partial charge on any atom is 0.230 e. The first-order valence-electron chi connectivity index (χ1n) is 8.59. The van der Waals surface area contributed by atoms with Crippen molar-refractivity contribution < 1.29 is 4.79 Å². The van der Waals surface area contributed by atoms with E-state index in [9.17, 15) is 4.79 Å². The number of nitrogens with one attached hydrogen (secondary N) is 1. The quantitative estimate of drug-likeness (QED) is 0.774. The maximum absolute atomic E-state index is 12.1. The summed E-state index contributed by atoms with van der Waals surface area (Å²) < 4.78 is 0. The smallest absolute Gasteiger partial charge is 0.230 e. The molecular formula is C19H26N2OS. The Kier molecular flexibility index (Phi) is 7.48. The van der Waals surface area contributed by atoms with Gasteiger partial charge in [-0.25, -0.2) is 0 Å². The summed E-state index contributed by atoms with van der Waals surface area (Å²) in [5, 5.41) is 12.0. The van der Waals surface area contributed by atoms with Crippen molar-refractivity contribution in [2.75, 3.05) is 5.75 Å². The Morgan fingerprint density at radius 1 is 1.35 bits per heavy atom. The van der Waals surface area contributed by atoms with Crippen molar-refractivity contribution >= 4 is 17.7 Å². The van der Waals surface area contributed by atoms with Gasteiger partial charge in [0.15, 0.2) is 0 Å². The SMILES string of the molecule is CCCCC1CCCC1NC(=O)CSCc1ccc(C#N)cc1. The largest absolute Gasteiger partial charge is 0.352 e. The molecule has 1 N–H and O–H groups in total. The van der Waals surface area contributed by atoms with Crippen LogP contribution in [0.25, 0.3) is 0 Å². The van der Waals surface area contributed by atoms with E-state index >= 15 is 0 Å². The zero-order valence-electron chi connectivity index (χ0n) is 13.9. The van der Waals surface area contributed by atoms with Crippen LogP contribution in [0.2, 0.25) is 0 Å². The normalized spacial score (nSPS) is 20.2. The number of nitriles is 1.